The molecule has 2 rings (SSSR count). The van der Waals surface area contributed by atoms with Gasteiger partial charge in [-0.1, -0.05) is 31.2 Å². The molecule has 1 unspecified atom stereocenters. The van der Waals surface area contributed by atoms with E-state index in [1.807, 2.05) is 19.1 Å². The average Bonchev–Trinajstić information content (AvgIpc) is 2.56. The van der Waals surface area contributed by atoms with Crippen molar-refractivity contribution in [3.05, 3.63) is 70.3 Å². The summed E-state index contributed by atoms with van der Waals surface area (Å²) < 4.78 is 52.9. The summed E-state index contributed by atoms with van der Waals surface area (Å²) in [5, 5.41) is 2.43. The molecule has 0 fully saturated rings. The molecular formula is C17H15F4NO. The van der Waals surface area contributed by atoms with Gasteiger partial charge in [-0.05, 0) is 30.5 Å². The van der Waals surface area contributed by atoms with Crippen LogP contribution in [0.2, 0.25) is 0 Å². The molecule has 2 aromatic carbocycles. The van der Waals surface area contributed by atoms with Gasteiger partial charge < -0.3 is 5.32 Å². The molecule has 122 valence electrons. The molecule has 0 aromatic heterocycles. The summed E-state index contributed by atoms with van der Waals surface area (Å²) in [6.45, 7) is 3.65. The third-order valence-corrected chi connectivity index (χ3v) is 3.58. The summed E-state index contributed by atoms with van der Waals surface area (Å²) in [5.74, 6) is -8.30. The number of benzene rings is 2. The zero-order chi connectivity index (χ0) is 17.1. The number of aryl methyl sites for hydroxylation is 1. The Morgan fingerprint density at radius 2 is 1.65 bits per heavy atom. The monoisotopic (exact) mass is 325 g/mol. The minimum atomic E-state index is -2.00. The summed E-state index contributed by atoms with van der Waals surface area (Å²) in [4.78, 5) is 12.0. The van der Waals surface area contributed by atoms with Crippen LogP contribution >= 0.6 is 0 Å². The molecule has 1 N–H and O–H groups in total. The van der Waals surface area contributed by atoms with E-state index in [0.717, 1.165) is 17.5 Å². The fourth-order valence-electron chi connectivity index (χ4n) is 2.14. The Morgan fingerprint density at radius 1 is 1.04 bits per heavy atom. The number of hydrogen-bond acceptors (Lipinski definition) is 1. The van der Waals surface area contributed by atoms with E-state index in [0.29, 0.717) is 6.07 Å². The van der Waals surface area contributed by atoms with E-state index in [4.69, 9.17) is 0 Å². The predicted octanol–water partition coefficient (Wildman–Crippen LogP) is 4.30. The molecule has 0 aliphatic carbocycles. The normalized spacial score (nSPS) is 12.1. The van der Waals surface area contributed by atoms with Gasteiger partial charge in [0.15, 0.2) is 23.3 Å². The van der Waals surface area contributed by atoms with E-state index >= 15 is 0 Å². The lowest BCUT2D eigenvalue weighted by atomic mass is 10.0. The average molecular weight is 325 g/mol. The lowest BCUT2D eigenvalue weighted by Gasteiger charge is -2.15. The molecule has 2 nitrogen and oxygen atoms in total. The van der Waals surface area contributed by atoms with E-state index < -0.39 is 40.8 Å². The second-order valence-corrected chi connectivity index (χ2v) is 5.14. The third-order valence-electron chi connectivity index (χ3n) is 3.58. The SMILES string of the molecule is CCc1ccc(C(C)NC(=O)c2cc(F)c(F)c(F)c2F)cc1. The number of carbonyl (C=O) groups is 1. The van der Waals surface area contributed by atoms with E-state index in [9.17, 15) is 22.4 Å². The Kier molecular flexibility index (Phi) is 5.03. The van der Waals surface area contributed by atoms with Crippen LogP contribution in [-0.4, -0.2) is 5.91 Å². The van der Waals surface area contributed by atoms with Gasteiger partial charge in [-0.2, -0.15) is 0 Å². The standard InChI is InChI=1S/C17H15F4NO/c1-3-10-4-6-11(7-5-10)9(2)22-17(23)12-8-13(18)15(20)16(21)14(12)19/h4-9H,3H2,1-2H3,(H,22,23). The van der Waals surface area contributed by atoms with Gasteiger partial charge in [0.2, 0.25) is 0 Å². The molecule has 0 aliphatic rings. The highest BCUT2D eigenvalue weighted by atomic mass is 19.2. The second kappa shape index (κ2) is 6.81. The van der Waals surface area contributed by atoms with Crippen molar-refractivity contribution in [3.63, 3.8) is 0 Å². The zero-order valence-corrected chi connectivity index (χ0v) is 12.6. The number of carbonyl (C=O) groups excluding carboxylic acids is 1. The number of amides is 1. The van der Waals surface area contributed by atoms with Crippen molar-refractivity contribution in [1.29, 1.82) is 0 Å². The molecule has 2 aromatic rings. The van der Waals surface area contributed by atoms with Crippen LogP contribution in [0, 0.1) is 23.3 Å². The van der Waals surface area contributed by atoms with Crippen LogP contribution in [0.3, 0.4) is 0 Å². The first-order valence-corrected chi connectivity index (χ1v) is 7.07. The minimum Gasteiger partial charge on any atom is -0.345 e. The Labute approximate surface area is 131 Å². The Balaban J connectivity index is 2.21. The third kappa shape index (κ3) is 3.52. The maximum atomic E-state index is 13.6. The summed E-state index contributed by atoms with van der Waals surface area (Å²) >= 11 is 0. The summed E-state index contributed by atoms with van der Waals surface area (Å²) in [7, 11) is 0. The fourth-order valence-corrected chi connectivity index (χ4v) is 2.14. The molecule has 1 amide bonds. The lowest BCUT2D eigenvalue weighted by molar-refractivity contribution is 0.0933. The molecule has 0 bridgehead atoms. The van der Waals surface area contributed by atoms with Crippen molar-refractivity contribution in [2.45, 2.75) is 26.3 Å². The predicted molar refractivity (Wildman–Crippen MR) is 78.0 cm³/mol. The number of rotatable bonds is 4. The zero-order valence-electron chi connectivity index (χ0n) is 12.6. The van der Waals surface area contributed by atoms with Gasteiger partial charge in [-0.3, -0.25) is 4.79 Å². The molecule has 1 atom stereocenters. The molecule has 0 spiro atoms. The van der Waals surface area contributed by atoms with Crippen molar-refractivity contribution < 1.29 is 22.4 Å². The first kappa shape index (κ1) is 17.0. The van der Waals surface area contributed by atoms with Crippen molar-refractivity contribution in [1.82, 2.24) is 5.32 Å². The van der Waals surface area contributed by atoms with Crippen molar-refractivity contribution in [3.8, 4) is 0 Å². The Bertz CT molecular complexity index is 728. The molecule has 0 aliphatic heterocycles. The van der Waals surface area contributed by atoms with Crippen LogP contribution in [-0.2, 0) is 6.42 Å². The van der Waals surface area contributed by atoms with Gasteiger partial charge >= 0.3 is 0 Å². The van der Waals surface area contributed by atoms with Crippen LogP contribution in [0.15, 0.2) is 30.3 Å². The van der Waals surface area contributed by atoms with Crippen molar-refractivity contribution >= 4 is 5.91 Å². The van der Waals surface area contributed by atoms with E-state index in [1.165, 1.54) is 0 Å². The van der Waals surface area contributed by atoms with Gasteiger partial charge in [0.05, 0.1) is 11.6 Å². The lowest BCUT2D eigenvalue weighted by Crippen LogP contribution is -2.28. The maximum Gasteiger partial charge on any atom is 0.254 e. The molecule has 0 radical (unpaired) electrons. The number of halogens is 4. The van der Waals surface area contributed by atoms with Gasteiger partial charge in [0, 0.05) is 0 Å². The van der Waals surface area contributed by atoms with E-state index in [-0.39, 0.29) is 0 Å². The van der Waals surface area contributed by atoms with Gasteiger partial charge in [-0.15, -0.1) is 0 Å². The second-order valence-electron chi connectivity index (χ2n) is 5.14. The highest BCUT2D eigenvalue weighted by Crippen LogP contribution is 2.20. The van der Waals surface area contributed by atoms with Gasteiger partial charge in [0.1, 0.15) is 0 Å². The first-order valence-electron chi connectivity index (χ1n) is 7.07. The van der Waals surface area contributed by atoms with Crippen LogP contribution in [0.4, 0.5) is 17.6 Å². The Morgan fingerprint density at radius 3 is 2.22 bits per heavy atom. The number of hydrogen-bond donors (Lipinski definition) is 1. The summed E-state index contributed by atoms with van der Waals surface area (Å²) in [5.41, 5.74) is 0.985. The van der Waals surface area contributed by atoms with Gasteiger partial charge in [-0.25, -0.2) is 17.6 Å². The highest BCUT2D eigenvalue weighted by Gasteiger charge is 2.23. The maximum absolute atomic E-state index is 13.6. The summed E-state index contributed by atoms with van der Waals surface area (Å²) in [6.07, 6.45) is 0.861. The van der Waals surface area contributed by atoms with Crippen molar-refractivity contribution in [2.75, 3.05) is 0 Å². The summed E-state index contributed by atoms with van der Waals surface area (Å²) in [6, 6.07) is 7.20. The molecule has 0 saturated heterocycles. The molecule has 23 heavy (non-hydrogen) atoms. The topological polar surface area (TPSA) is 29.1 Å². The van der Waals surface area contributed by atoms with Crippen molar-refractivity contribution in [2.24, 2.45) is 0 Å². The Hall–Kier alpha value is -2.37. The number of nitrogens with one attached hydrogen (secondary N) is 1. The molecule has 0 heterocycles. The van der Waals surface area contributed by atoms with Crippen LogP contribution in [0.25, 0.3) is 0 Å². The van der Waals surface area contributed by atoms with Crippen LogP contribution in [0.1, 0.15) is 41.4 Å². The fraction of sp³-hybridized carbons (Fsp3) is 0.235. The minimum absolute atomic E-state index is 0.343. The quantitative estimate of drug-likeness (QED) is 0.507. The van der Waals surface area contributed by atoms with E-state index in [1.54, 1.807) is 19.1 Å². The van der Waals surface area contributed by atoms with E-state index in [2.05, 4.69) is 5.32 Å². The molecule has 6 heteroatoms. The highest BCUT2D eigenvalue weighted by molar-refractivity contribution is 5.94. The first-order chi connectivity index (χ1) is 10.8. The van der Waals surface area contributed by atoms with Crippen LogP contribution in [0.5, 0.6) is 0 Å². The molecule has 0 saturated carbocycles. The smallest absolute Gasteiger partial charge is 0.254 e. The van der Waals surface area contributed by atoms with Gasteiger partial charge in [0.25, 0.3) is 5.91 Å². The molecular weight excluding hydrogens is 310 g/mol. The van der Waals surface area contributed by atoms with Crippen LogP contribution < -0.4 is 5.32 Å². The largest absolute Gasteiger partial charge is 0.345 e.